The predicted octanol–water partition coefficient (Wildman–Crippen LogP) is 2.32. The maximum Gasteiger partial charge on any atom is 0.0444 e. The maximum atomic E-state index is 3.50. The van der Waals surface area contributed by atoms with Gasteiger partial charge < -0.3 is 10.6 Å². The van der Waals surface area contributed by atoms with E-state index in [0.29, 0.717) is 6.04 Å². The van der Waals surface area contributed by atoms with Gasteiger partial charge in [-0.05, 0) is 62.8 Å². The molecule has 0 aromatic carbocycles. The van der Waals surface area contributed by atoms with Gasteiger partial charge in [-0.1, -0.05) is 0 Å². The quantitative estimate of drug-likeness (QED) is 0.823. The average molecular weight is 224 g/mol. The third-order valence-corrected chi connectivity index (χ3v) is 4.45. The standard InChI is InChI=1S/C12H20N2S/c1-9-5-8-15-12(9)11(13-2)10-3-6-14-7-4-10/h5,8,10-11,13-14H,3-4,6-7H2,1-2H3. The van der Waals surface area contributed by atoms with Gasteiger partial charge in [0.2, 0.25) is 0 Å². The number of hydrogen-bond donors (Lipinski definition) is 2. The first-order valence-electron chi connectivity index (χ1n) is 5.75. The van der Waals surface area contributed by atoms with Crippen molar-refractivity contribution in [2.75, 3.05) is 20.1 Å². The lowest BCUT2D eigenvalue weighted by atomic mass is 9.88. The van der Waals surface area contributed by atoms with Gasteiger partial charge in [0.05, 0.1) is 0 Å². The summed E-state index contributed by atoms with van der Waals surface area (Å²) >= 11 is 1.89. The molecule has 1 atom stereocenters. The molecule has 1 aliphatic rings. The van der Waals surface area contributed by atoms with E-state index in [1.807, 2.05) is 11.3 Å². The van der Waals surface area contributed by atoms with Crippen molar-refractivity contribution in [3.8, 4) is 0 Å². The van der Waals surface area contributed by atoms with Crippen LogP contribution in [0.1, 0.15) is 29.3 Å². The van der Waals surface area contributed by atoms with E-state index in [4.69, 9.17) is 0 Å². The van der Waals surface area contributed by atoms with Crippen LogP contribution in [0.25, 0.3) is 0 Å². The molecule has 2 nitrogen and oxygen atoms in total. The minimum absolute atomic E-state index is 0.562. The summed E-state index contributed by atoms with van der Waals surface area (Å²) in [7, 11) is 2.09. The summed E-state index contributed by atoms with van der Waals surface area (Å²) in [5.74, 6) is 0.800. The molecule has 0 spiro atoms. The Morgan fingerprint density at radius 3 is 2.73 bits per heavy atom. The summed E-state index contributed by atoms with van der Waals surface area (Å²) in [5, 5.41) is 9.13. The molecule has 84 valence electrons. The summed E-state index contributed by atoms with van der Waals surface area (Å²) in [6.45, 7) is 4.57. The summed E-state index contributed by atoms with van der Waals surface area (Å²) in [5.41, 5.74) is 1.44. The molecule has 1 aliphatic heterocycles. The number of rotatable bonds is 3. The number of hydrogen-bond acceptors (Lipinski definition) is 3. The van der Waals surface area contributed by atoms with Crippen LogP contribution in [0.2, 0.25) is 0 Å². The monoisotopic (exact) mass is 224 g/mol. The highest BCUT2D eigenvalue weighted by Crippen LogP contribution is 2.33. The molecular formula is C12H20N2S. The lowest BCUT2D eigenvalue weighted by molar-refractivity contribution is 0.296. The van der Waals surface area contributed by atoms with Gasteiger partial charge in [-0.2, -0.15) is 0 Å². The van der Waals surface area contributed by atoms with E-state index in [2.05, 4.69) is 36.1 Å². The van der Waals surface area contributed by atoms with Crippen LogP contribution in [-0.2, 0) is 0 Å². The Labute approximate surface area is 96.1 Å². The second-order valence-corrected chi connectivity index (χ2v) is 5.27. The molecule has 15 heavy (non-hydrogen) atoms. The molecule has 0 amide bonds. The summed E-state index contributed by atoms with van der Waals surface area (Å²) in [4.78, 5) is 1.53. The zero-order valence-electron chi connectivity index (χ0n) is 9.55. The molecule has 3 heteroatoms. The van der Waals surface area contributed by atoms with Gasteiger partial charge in [-0.25, -0.2) is 0 Å². The summed E-state index contributed by atoms with van der Waals surface area (Å²) < 4.78 is 0. The van der Waals surface area contributed by atoms with E-state index in [-0.39, 0.29) is 0 Å². The molecule has 1 fully saturated rings. The minimum atomic E-state index is 0.562. The molecule has 0 aliphatic carbocycles. The Morgan fingerprint density at radius 1 is 1.47 bits per heavy atom. The normalized spacial score (nSPS) is 20.4. The first kappa shape index (κ1) is 11.1. The second kappa shape index (κ2) is 5.10. The van der Waals surface area contributed by atoms with Gasteiger partial charge in [-0.3, -0.25) is 0 Å². The number of nitrogens with one attached hydrogen (secondary N) is 2. The molecule has 2 N–H and O–H groups in total. The fourth-order valence-corrected chi connectivity index (χ4v) is 3.59. The van der Waals surface area contributed by atoms with Crippen LogP contribution in [0.4, 0.5) is 0 Å². The van der Waals surface area contributed by atoms with Crippen LogP contribution in [0.3, 0.4) is 0 Å². The van der Waals surface area contributed by atoms with Crippen molar-refractivity contribution in [1.82, 2.24) is 10.6 Å². The predicted molar refractivity (Wildman–Crippen MR) is 66.5 cm³/mol. The molecule has 1 saturated heterocycles. The van der Waals surface area contributed by atoms with Crippen LogP contribution >= 0.6 is 11.3 Å². The van der Waals surface area contributed by atoms with Crippen LogP contribution in [-0.4, -0.2) is 20.1 Å². The Hall–Kier alpha value is -0.380. The Morgan fingerprint density at radius 2 is 2.20 bits per heavy atom. The smallest absolute Gasteiger partial charge is 0.0444 e. The van der Waals surface area contributed by atoms with E-state index in [1.165, 1.54) is 36.4 Å². The number of aryl methyl sites for hydroxylation is 1. The average Bonchev–Trinajstić information content (AvgIpc) is 2.68. The van der Waals surface area contributed by atoms with Crippen molar-refractivity contribution in [3.05, 3.63) is 21.9 Å². The third-order valence-electron chi connectivity index (χ3n) is 3.35. The van der Waals surface area contributed by atoms with E-state index < -0.39 is 0 Å². The molecular weight excluding hydrogens is 204 g/mol. The largest absolute Gasteiger partial charge is 0.317 e. The Bertz CT molecular complexity index is 302. The molecule has 2 rings (SSSR count). The van der Waals surface area contributed by atoms with Crippen LogP contribution in [0.15, 0.2) is 11.4 Å². The molecule has 0 bridgehead atoms. The van der Waals surface area contributed by atoms with E-state index >= 15 is 0 Å². The van der Waals surface area contributed by atoms with Crippen molar-refractivity contribution < 1.29 is 0 Å². The first-order valence-corrected chi connectivity index (χ1v) is 6.63. The van der Waals surface area contributed by atoms with Crippen molar-refractivity contribution >= 4 is 11.3 Å². The van der Waals surface area contributed by atoms with Gasteiger partial charge in [-0.15, -0.1) is 11.3 Å². The van der Waals surface area contributed by atoms with E-state index in [0.717, 1.165) is 5.92 Å². The molecule has 2 heterocycles. The minimum Gasteiger partial charge on any atom is -0.317 e. The first-order chi connectivity index (χ1) is 7.33. The Kier molecular flexibility index (Phi) is 3.78. The van der Waals surface area contributed by atoms with Gasteiger partial charge >= 0.3 is 0 Å². The molecule has 1 aromatic rings. The van der Waals surface area contributed by atoms with Crippen LogP contribution in [0.5, 0.6) is 0 Å². The van der Waals surface area contributed by atoms with E-state index in [9.17, 15) is 0 Å². The molecule has 0 radical (unpaired) electrons. The van der Waals surface area contributed by atoms with Gasteiger partial charge in [0.1, 0.15) is 0 Å². The SMILES string of the molecule is CNC(c1sccc1C)C1CCNCC1. The second-order valence-electron chi connectivity index (χ2n) is 4.32. The zero-order valence-corrected chi connectivity index (χ0v) is 10.4. The fraction of sp³-hybridized carbons (Fsp3) is 0.667. The zero-order chi connectivity index (χ0) is 10.7. The van der Waals surface area contributed by atoms with E-state index in [1.54, 1.807) is 0 Å². The highest BCUT2D eigenvalue weighted by molar-refractivity contribution is 7.10. The Balaban J connectivity index is 2.12. The third kappa shape index (κ3) is 2.41. The number of piperidine rings is 1. The lowest BCUT2D eigenvalue weighted by Crippen LogP contribution is -2.35. The van der Waals surface area contributed by atoms with Crippen molar-refractivity contribution in [2.24, 2.45) is 5.92 Å². The lowest BCUT2D eigenvalue weighted by Gasteiger charge is -2.30. The maximum absolute atomic E-state index is 3.50. The summed E-state index contributed by atoms with van der Waals surface area (Å²) in [6.07, 6.45) is 2.59. The molecule has 1 aromatic heterocycles. The topological polar surface area (TPSA) is 24.1 Å². The van der Waals surface area contributed by atoms with Crippen molar-refractivity contribution in [3.63, 3.8) is 0 Å². The molecule has 0 saturated carbocycles. The van der Waals surface area contributed by atoms with Crippen LogP contribution in [0, 0.1) is 12.8 Å². The highest BCUT2D eigenvalue weighted by Gasteiger charge is 2.25. The van der Waals surface area contributed by atoms with Gasteiger partial charge in [0.25, 0.3) is 0 Å². The van der Waals surface area contributed by atoms with Gasteiger partial charge in [0, 0.05) is 10.9 Å². The summed E-state index contributed by atoms with van der Waals surface area (Å²) in [6, 6.07) is 2.79. The van der Waals surface area contributed by atoms with Crippen molar-refractivity contribution in [1.29, 1.82) is 0 Å². The fourth-order valence-electron chi connectivity index (χ4n) is 2.46. The van der Waals surface area contributed by atoms with Crippen LogP contribution < -0.4 is 10.6 Å². The highest BCUT2D eigenvalue weighted by atomic mass is 32.1. The number of thiophene rings is 1. The van der Waals surface area contributed by atoms with Gasteiger partial charge in [0.15, 0.2) is 0 Å². The molecule has 1 unspecified atom stereocenters. The van der Waals surface area contributed by atoms with Crippen molar-refractivity contribution in [2.45, 2.75) is 25.8 Å².